The summed E-state index contributed by atoms with van der Waals surface area (Å²) in [4.78, 5) is 12.4. The molecule has 0 saturated carbocycles. The molecule has 0 radical (unpaired) electrons. The summed E-state index contributed by atoms with van der Waals surface area (Å²) in [6.45, 7) is 1.76. The van der Waals surface area contributed by atoms with Crippen LogP contribution in [-0.4, -0.2) is 32.8 Å². The molecule has 0 saturated heterocycles. The summed E-state index contributed by atoms with van der Waals surface area (Å²) in [5, 5.41) is 2.75. The maximum Gasteiger partial charge on any atom is 0.433 e. The number of aromatic nitrogens is 2. The van der Waals surface area contributed by atoms with Crippen molar-refractivity contribution in [2.24, 2.45) is 4.99 Å². The number of alkyl halides is 3. The molecule has 0 unspecified atom stereocenters. The van der Waals surface area contributed by atoms with Crippen molar-refractivity contribution >= 4 is 43.3 Å². The first-order chi connectivity index (χ1) is 12.2. The van der Waals surface area contributed by atoms with Crippen molar-refractivity contribution < 1.29 is 17.4 Å². The molecule has 0 aromatic carbocycles. The summed E-state index contributed by atoms with van der Waals surface area (Å²) in [5.41, 5.74) is -0.357. The van der Waals surface area contributed by atoms with Crippen LogP contribution in [0.25, 0.3) is 0 Å². The van der Waals surface area contributed by atoms with Crippen molar-refractivity contribution in [1.82, 2.24) is 14.7 Å². The van der Waals surface area contributed by atoms with Gasteiger partial charge in [0.2, 0.25) is 0 Å². The molecular formula is C15H15BrF3N5OS. The number of anilines is 1. The van der Waals surface area contributed by atoms with Gasteiger partial charge in [0.15, 0.2) is 5.84 Å². The van der Waals surface area contributed by atoms with E-state index < -0.39 is 22.0 Å². The number of rotatable bonds is 3. The van der Waals surface area contributed by atoms with Gasteiger partial charge in [-0.05, 0) is 38.2 Å². The van der Waals surface area contributed by atoms with Crippen molar-refractivity contribution in [3.05, 3.63) is 40.4 Å². The number of nitrogens with one attached hydrogen (secondary N) is 2. The van der Waals surface area contributed by atoms with Gasteiger partial charge in [0, 0.05) is 23.5 Å². The lowest BCUT2D eigenvalue weighted by atomic mass is 10.2. The van der Waals surface area contributed by atoms with E-state index in [1.165, 1.54) is 6.20 Å². The van der Waals surface area contributed by atoms with Crippen LogP contribution in [0.5, 0.6) is 0 Å². The molecule has 3 heterocycles. The van der Waals surface area contributed by atoms with Crippen molar-refractivity contribution in [2.75, 3.05) is 18.1 Å². The van der Waals surface area contributed by atoms with Crippen LogP contribution >= 0.6 is 15.9 Å². The molecule has 3 rings (SSSR count). The van der Waals surface area contributed by atoms with Crippen LogP contribution in [-0.2, 0) is 16.3 Å². The Hall–Kier alpha value is -2.01. The van der Waals surface area contributed by atoms with E-state index in [9.17, 15) is 17.4 Å². The van der Waals surface area contributed by atoms with E-state index in [4.69, 9.17) is 0 Å². The Bertz CT molecular complexity index is 947. The second-order valence-electron chi connectivity index (χ2n) is 5.48. The molecular weight excluding hydrogens is 435 g/mol. The third-order valence-electron chi connectivity index (χ3n) is 3.85. The lowest BCUT2D eigenvalue weighted by molar-refractivity contribution is -0.141. The Morgan fingerprint density at radius 3 is 2.65 bits per heavy atom. The quantitative estimate of drug-likeness (QED) is 0.628. The summed E-state index contributed by atoms with van der Waals surface area (Å²) in [5.74, 6) is 0.494. The SMILES string of the molecule is CC[SH]1(=O)N/C(=N\c2cc(C(F)(F)F)ncc2NC)c2ncc(Br)cc21. The van der Waals surface area contributed by atoms with Crippen LogP contribution in [0.3, 0.4) is 0 Å². The van der Waals surface area contributed by atoms with Gasteiger partial charge in [-0.3, -0.25) is 9.19 Å². The predicted molar refractivity (Wildman–Crippen MR) is 98.4 cm³/mol. The number of hydrogen-bond donors (Lipinski definition) is 3. The minimum Gasteiger partial charge on any atom is -0.385 e. The smallest absolute Gasteiger partial charge is 0.385 e. The number of fused-ring (bicyclic) bond motifs is 1. The highest BCUT2D eigenvalue weighted by molar-refractivity contribution is 9.10. The molecule has 0 aliphatic carbocycles. The van der Waals surface area contributed by atoms with Gasteiger partial charge in [-0.25, -0.2) is 9.98 Å². The van der Waals surface area contributed by atoms with Gasteiger partial charge >= 0.3 is 6.18 Å². The van der Waals surface area contributed by atoms with E-state index in [1.54, 1.807) is 20.0 Å². The van der Waals surface area contributed by atoms with Crippen molar-refractivity contribution in [3.63, 3.8) is 0 Å². The summed E-state index contributed by atoms with van der Waals surface area (Å²) in [6.07, 6.45) is -2.01. The third-order valence-corrected chi connectivity index (χ3v) is 6.87. The molecule has 2 aromatic heterocycles. The van der Waals surface area contributed by atoms with Crippen LogP contribution in [0.2, 0.25) is 0 Å². The predicted octanol–water partition coefficient (Wildman–Crippen LogP) is 3.29. The number of hydrogen-bond acceptors (Lipinski definition) is 5. The molecule has 0 spiro atoms. The highest BCUT2D eigenvalue weighted by Crippen LogP contribution is 2.35. The van der Waals surface area contributed by atoms with Crippen LogP contribution < -0.4 is 10.0 Å². The molecule has 26 heavy (non-hydrogen) atoms. The van der Waals surface area contributed by atoms with E-state index in [-0.39, 0.29) is 11.5 Å². The zero-order chi connectivity index (χ0) is 19.1. The van der Waals surface area contributed by atoms with E-state index in [1.807, 2.05) is 0 Å². The minimum atomic E-state index is -4.59. The van der Waals surface area contributed by atoms with E-state index in [0.717, 1.165) is 12.3 Å². The summed E-state index contributed by atoms with van der Waals surface area (Å²) in [6, 6.07) is 2.53. The van der Waals surface area contributed by atoms with Crippen molar-refractivity contribution in [2.45, 2.75) is 18.0 Å². The zero-order valence-electron chi connectivity index (χ0n) is 13.7. The van der Waals surface area contributed by atoms with Crippen LogP contribution in [0, 0.1) is 0 Å². The Balaban J connectivity index is 2.16. The fourth-order valence-electron chi connectivity index (χ4n) is 2.50. The summed E-state index contributed by atoms with van der Waals surface area (Å²) < 4.78 is 55.5. The zero-order valence-corrected chi connectivity index (χ0v) is 16.2. The first kappa shape index (κ1) is 18.8. The topological polar surface area (TPSA) is 79.3 Å². The molecule has 0 bridgehead atoms. The standard InChI is InChI=1S/C15H15BrF3N5OS/c1-3-26(25)11-4-8(16)6-22-13(11)14(24-26)23-9-5-12(15(17,18)19)21-7-10(9)20-2/h4-7,20,26H,3H2,1-2H3,(H,21,23,24,25). The minimum absolute atomic E-state index is 0.0255. The second kappa shape index (κ2) is 6.62. The number of thiol groups is 1. The molecule has 2 aromatic rings. The van der Waals surface area contributed by atoms with Gasteiger partial charge < -0.3 is 10.0 Å². The molecule has 6 nitrogen and oxygen atoms in total. The van der Waals surface area contributed by atoms with E-state index in [2.05, 4.69) is 40.9 Å². The number of nitrogens with zero attached hydrogens (tertiary/aromatic N) is 3. The lowest BCUT2D eigenvalue weighted by Crippen LogP contribution is -2.30. The van der Waals surface area contributed by atoms with Crippen LogP contribution in [0.1, 0.15) is 18.3 Å². The number of aliphatic imine (C=N–C) groups is 1. The van der Waals surface area contributed by atoms with Gasteiger partial charge in [0.05, 0.1) is 22.5 Å². The maximum absolute atomic E-state index is 13.1. The molecule has 0 atom stereocenters. The van der Waals surface area contributed by atoms with Gasteiger partial charge in [0.1, 0.15) is 11.4 Å². The summed E-state index contributed by atoms with van der Waals surface area (Å²) >= 11 is 3.29. The average molecular weight is 450 g/mol. The van der Waals surface area contributed by atoms with Crippen LogP contribution in [0.15, 0.2) is 38.9 Å². The monoisotopic (exact) mass is 449 g/mol. The summed E-state index contributed by atoms with van der Waals surface area (Å²) in [7, 11) is -1.41. The van der Waals surface area contributed by atoms with Crippen molar-refractivity contribution in [3.8, 4) is 0 Å². The van der Waals surface area contributed by atoms with Gasteiger partial charge in [-0.1, -0.05) is 6.92 Å². The van der Waals surface area contributed by atoms with Crippen molar-refractivity contribution in [1.29, 1.82) is 0 Å². The Kier molecular flexibility index (Phi) is 4.78. The highest BCUT2D eigenvalue weighted by Gasteiger charge is 2.34. The first-order valence-corrected chi connectivity index (χ1v) is 10.2. The number of pyridine rings is 2. The second-order valence-corrected chi connectivity index (χ2v) is 9.22. The molecule has 2 N–H and O–H groups in total. The molecule has 0 amide bonds. The third kappa shape index (κ3) is 3.32. The van der Waals surface area contributed by atoms with Crippen LogP contribution in [0.4, 0.5) is 24.5 Å². The molecule has 1 aliphatic rings. The van der Waals surface area contributed by atoms with E-state index in [0.29, 0.717) is 26.5 Å². The molecule has 140 valence electrons. The van der Waals surface area contributed by atoms with Gasteiger partial charge in [-0.2, -0.15) is 13.2 Å². The Morgan fingerprint density at radius 2 is 2.04 bits per heavy atom. The fraction of sp³-hybridized carbons (Fsp3) is 0.267. The maximum atomic E-state index is 13.1. The van der Waals surface area contributed by atoms with E-state index >= 15 is 0 Å². The number of halogens is 4. The molecule has 11 heteroatoms. The lowest BCUT2D eigenvalue weighted by Gasteiger charge is -2.17. The average Bonchev–Trinajstić information content (AvgIpc) is 2.86. The van der Waals surface area contributed by atoms with Gasteiger partial charge in [0.25, 0.3) is 0 Å². The van der Waals surface area contributed by atoms with Gasteiger partial charge in [-0.15, -0.1) is 0 Å². The molecule has 1 aliphatic heterocycles. The Morgan fingerprint density at radius 1 is 1.31 bits per heavy atom. The largest absolute Gasteiger partial charge is 0.433 e. The molecule has 0 fully saturated rings. The fourth-order valence-corrected chi connectivity index (χ4v) is 4.98. The normalized spacial score (nSPS) is 18.3. The number of amidine groups is 1. The highest BCUT2D eigenvalue weighted by atomic mass is 79.9. The Labute approximate surface area is 157 Å². The first-order valence-electron chi connectivity index (χ1n) is 7.55.